The molecule has 0 radical (unpaired) electrons. The monoisotopic (exact) mass is 417 g/mol. The Bertz CT molecular complexity index is 849. The van der Waals surface area contributed by atoms with Crippen molar-refractivity contribution in [2.24, 2.45) is 0 Å². The van der Waals surface area contributed by atoms with Crippen molar-refractivity contribution in [3.05, 3.63) is 60.2 Å². The van der Waals surface area contributed by atoms with Gasteiger partial charge in [0.1, 0.15) is 5.75 Å². The SMILES string of the molecule is O=C(NCC1CCCCN1C(=O)Cc1cccc(OC(F)F)c1)Nc1ccccc1. The van der Waals surface area contributed by atoms with E-state index in [2.05, 4.69) is 15.4 Å². The number of carbonyl (C=O) groups excluding carboxylic acids is 2. The molecule has 8 heteroatoms. The smallest absolute Gasteiger partial charge is 0.387 e. The number of urea groups is 1. The van der Waals surface area contributed by atoms with E-state index in [1.807, 2.05) is 18.2 Å². The molecule has 0 bridgehead atoms. The lowest BCUT2D eigenvalue weighted by Gasteiger charge is -2.36. The number of benzene rings is 2. The second-order valence-corrected chi connectivity index (χ2v) is 7.14. The first-order valence-electron chi connectivity index (χ1n) is 9.94. The van der Waals surface area contributed by atoms with Gasteiger partial charge in [0.15, 0.2) is 0 Å². The molecular weight excluding hydrogens is 392 g/mol. The van der Waals surface area contributed by atoms with Crippen LogP contribution >= 0.6 is 0 Å². The van der Waals surface area contributed by atoms with Crippen molar-refractivity contribution in [2.75, 3.05) is 18.4 Å². The third kappa shape index (κ3) is 6.43. The number of piperidine rings is 1. The standard InChI is InChI=1S/C22H25F2N3O3/c23-21(24)30-19-11-6-7-16(13-19)14-20(28)27-12-5-4-10-18(27)15-25-22(29)26-17-8-2-1-3-9-17/h1-3,6-9,11,13,18,21H,4-5,10,12,14-15H2,(H2,25,26,29). The predicted octanol–water partition coefficient (Wildman–Crippen LogP) is 4.03. The number of carbonyl (C=O) groups is 2. The molecule has 0 spiro atoms. The minimum atomic E-state index is -2.91. The maximum atomic E-state index is 12.9. The highest BCUT2D eigenvalue weighted by Gasteiger charge is 2.27. The van der Waals surface area contributed by atoms with Gasteiger partial charge in [0, 0.05) is 24.8 Å². The average molecular weight is 417 g/mol. The van der Waals surface area contributed by atoms with Crippen LogP contribution in [0.5, 0.6) is 5.75 Å². The Balaban J connectivity index is 1.55. The van der Waals surface area contributed by atoms with Crippen LogP contribution in [0.2, 0.25) is 0 Å². The molecule has 30 heavy (non-hydrogen) atoms. The van der Waals surface area contributed by atoms with Crippen molar-refractivity contribution in [1.82, 2.24) is 10.2 Å². The number of anilines is 1. The fourth-order valence-electron chi connectivity index (χ4n) is 3.56. The van der Waals surface area contributed by atoms with E-state index in [4.69, 9.17) is 0 Å². The molecule has 1 saturated heterocycles. The molecule has 1 fully saturated rings. The average Bonchev–Trinajstić information content (AvgIpc) is 2.73. The van der Waals surface area contributed by atoms with Crippen molar-refractivity contribution < 1.29 is 23.1 Å². The van der Waals surface area contributed by atoms with E-state index >= 15 is 0 Å². The molecule has 2 aromatic carbocycles. The third-order valence-corrected chi connectivity index (χ3v) is 4.96. The van der Waals surface area contributed by atoms with Gasteiger partial charge in [-0.25, -0.2) is 4.79 Å². The number of halogens is 2. The predicted molar refractivity (Wildman–Crippen MR) is 110 cm³/mol. The molecule has 1 aliphatic rings. The number of ether oxygens (including phenoxy) is 1. The van der Waals surface area contributed by atoms with Crippen LogP contribution in [0.15, 0.2) is 54.6 Å². The van der Waals surface area contributed by atoms with E-state index in [0.717, 1.165) is 19.3 Å². The van der Waals surface area contributed by atoms with Crippen LogP contribution in [-0.2, 0) is 11.2 Å². The van der Waals surface area contributed by atoms with Crippen LogP contribution in [0.1, 0.15) is 24.8 Å². The van der Waals surface area contributed by atoms with E-state index < -0.39 is 6.61 Å². The number of para-hydroxylation sites is 1. The van der Waals surface area contributed by atoms with Crippen molar-refractivity contribution in [3.63, 3.8) is 0 Å². The van der Waals surface area contributed by atoms with Gasteiger partial charge < -0.3 is 20.3 Å². The van der Waals surface area contributed by atoms with Crippen molar-refractivity contribution in [2.45, 2.75) is 38.3 Å². The number of hydrogen-bond acceptors (Lipinski definition) is 3. The number of likely N-dealkylation sites (tertiary alicyclic amines) is 1. The Morgan fingerprint density at radius 3 is 2.67 bits per heavy atom. The van der Waals surface area contributed by atoms with Gasteiger partial charge in [-0.15, -0.1) is 0 Å². The van der Waals surface area contributed by atoms with Gasteiger partial charge in [-0.3, -0.25) is 4.79 Å². The molecule has 0 saturated carbocycles. The fraction of sp³-hybridized carbons (Fsp3) is 0.364. The molecule has 2 aromatic rings. The minimum Gasteiger partial charge on any atom is -0.435 e. The van der Waals surface area contributed by atoms with Crippen LogP contribution < -0.4 is 15.4 Å². The summed E-state index contributed by atoms with van der Waals surface area (Å²) in [6.45, 7) is -1.95. The zero-order valence-corrected chi connectivity index (χ0v) is 16.5. The fourth-order valence-corrected chi connectivity index (χ4v) is 3.56. The number of rotatable bonds is 7. The third-order valence-electron chi connectivity index (χ3n) is 4.96. The molecule has 1 aliphatic heterocycles. The summed E-state index contributed by atoms with van der Waals surface area (Å²) in [6.07, 6.45) is 2.76. The molecular formula is C22H25F2N3O3. The molecule has 2 N–H and O–H groups in total. The van der Waals surface area contributed by atoms with Crippen molar-refractivity contribution >= 4 is 17.6 Å². The lowest BCUT2D eigenvalue weighted by Crippen LogP contribution is -2.50. The number of alkyl halides is 2. The van der Waals surface area contributed by atoms with Gasteiger partial charge in [0.2, 0.25) is 5.91 Å². The van der Waals surface area contributed by atoms with E-state index in [-0.39, 0.29) is 30.2 Å². The summed E-state index contributed by atoms with van der Waals surface area (Å²) >= 11 is 0. The second kappa shape index (κ2) is 10.6. The molecule has 1 unspecified atom stereocenters. The second-order valence-electron chi connectivity index (χ2n) is 7.14. The Morgan fingerprint density at radius 1 is 1.10 bits per heavy atom. The molecule has 1 atom stereocenters. The van der Waals surface area contributed by atoms with Crippen molar-refractivity contribution in [3.8, 4) is 5.75 Å². The van der Waals surface area contributed by atoms with Gasteiger partial charge in [-0.2, -0.15) is 8.78 Å². The quantitative estimate of drug-likeness (QED) is 0.715. The van der Waals surface area contributed by atoms with E-state index in [1.165, 1.54) is 12.1 Å². The van der Waals surface area contributed by atoms with Crippen LogP contribution in [-0.4, -0.2) is 42.6 Å². The van der Waals surface area contributed by atoms with Gasteiger partial charge in [0.25, 0.3) is 0 Å². The number of nitrogens with one attached hydrogen (secondary N) is 2. The van der Waals surface area contributed by atoms with Crippen molar-refractivity contribution in [1.29, 1.82) is 0 Å². The van der Waals surface area contributed by atoms with Gasteiger partial charge in [0.05, 0.1) is 6.42 Å². The van der Waals surface area contributed by atoms with E-state index in [1.54, 1.807) is 29.2 Å². The number of nitrogens with zero attached hydrogens (tertiary/aromatic N) is 1. The van der Waals surface area contributed by atoms with E-state index in [0.29, 0.717) is 24.3 Å². The summed E-state index contributed by atoms with van der Waals surface area (Å²) in [6, 6.07) is 14.9. The summed E-state index contributed by atoms with van der Waals surface area (Å²) < 4.78 is 29.2. The topological polar surface area (TPSA) is 70.7 Å². The maximum absolute atomic E-state index is 12.9. The molecule has 0 aromatic heterocycles. The van der Waals surface area contributed by atoms with Gasteiger partial charge in [-0.1, -0.05) is 30.3 Å². The highest BCUT2D eigenvalue weighted by Crippen LogP contribution is 2.20. The zero-order chi connectivity index (χ0) is 21.3. The Morgan fingerprint density at radius 2 is 1.90 bits per heavy atom. The first-order valence-corrected chi connectivity index (χ1v) is 9.94. The maximum Gasteiger partial charge on any atom is 0.387 e. The number of hydrogen-bond donors (Lipinski definition) is 2. The lowest BCUT2D eigenvalue weighted by atomic mass is 10.0. The minimum absolute atomic E-state index is 0.0322. The Hall–Kier alpha value is -3.16. The molecule has 3 amide bonds. The normalized spacial score (nSPS) is 16.2. The molecule has 1 heterocycles. The first-order chi connectivity index (χ1) is 14.5. The molecule has 3 rings (SSSR count). The Labute approximate surface area is 174 Å². The van der Waals surface area contributed by atoms with Gasteiger partial charge in [-0.05, 0) is 49.1 Å². The summed E-state index contributed by atoms with van der Waals surface area (Å²) in [5, 5.41) is 5.59. The lowest BCUT2D eigenvalue weighted by molar-refractivity contribution is -0.134. The van der Waals surface area contributed by atoms with Crippen LogP contribution in [0.3, 0.4) is 0 Å². The Kier molecular flexibility index (Phi) is 7.59. The highest BCUT2D eigenvalue weighted by molar-refractivity contribution is 5.89. The summed E-state index contributed by atoms with van der Waals surface area (Å²) in [4.78, 5) is 26.8. The van der Waals surface area contributed by atoms with E-state index in [9.17, 15) is 18.4 Å². The van der Waals surface area contributed by atoms with Crippen LogP contribution in [0, 0.1) is 0 Å². The molecule has 0 aliphatic carbocycles. The summed E-state index contributed by atoms with van der Waals surface area (Å²) in [5.74, 6) is -0.0658. The summed E-state index contributed by atoms with van der Waals surface area (Å²) in [7, 11) is 0. The molecule has 160 valence electrons. The largest absolute Gasteiger partial charge is 0.435 e. The van der Waals surface area contributed by atoms with Gasteiger partial charge >= 0.3 is 12.6 Å². The zero-order valence-electron chi connectivity index (χ0n) is 16.5. The molecule has 6 nitrogen and oxygen atoms in total. The number of amides is 3. The summed E-state index contributed by atoms with van der Waals surface area (Å²) in [5.41, 5.74) is 1.30. The highest BCUT2D eigenvalue weighted by atomic mass is 19.3. The van der Waals surface area contributed by atoms with Crippen LogP contribution in [0.4, 0.5) is 19.3 Å². The van der Waals surface area contributed by atoms with Crippen LogP contribution in [0.25, 0.3) is 0 Å². The first kappa shape index (κ1) is 21.5.